The number of pyridine rings is 1. The molecular formula is C18H24N4O2. The molecule has 6 nitrogen and oxygen atoms in total. The Labute approximate surface area is 142 Å². The largest absolute Gasteiger partial charge is 0.478 e. The number of nitrogens with zero attached hydrogens (tertiary/aromatic N) is 4. The predicted octanol–water partition coefficient (Wildman–Crippen LogP) is 2.15. The Kier molecular flexibility index (Phi) is 4.94. The zero-order valence-electron chi connectivity index (χ0n) is 14.3. The standard InChI is InChI=1S/C18H24N4O2/c1-3-24-17-12-16(20-14(2)21-17)22-10-7-18(23,8-11-22)13-15-6-4-5-9-19-15/h4-6,9,12,23H,3,7-8,10-11,13H2,1-2H3. The lowest BCUT2D eigenvalue weighted by Crippen LogP contribution is -2.46. The molecule has 0 saturated carbocycles. The van der Waals surface area contributed by atoms with Gasteiger partial charge in [-0.25, -0.2) is 4.98 Å². The lowest BCUT2D eigenvalue weighted by Gasteiger charge is -2.38. The van der Waals surface area contributed by atoms with E-state index < -0.39 is 5.60 Å². The third kappa shape index (κ3) is 4.00. The molecule has 0 radical (unpaired) electrons. The molecule has 0 aliphatic carbocycles. The smallest absolute Gasteiger partial charge is 0.218 e. The number of ether oxygens (including phenoxy) is 1. The van der Waals surface area contributed by atoms with Gasteiger partial charge in [0.1, 0.15) is 11.6 Å². The molecule has 24 heavy (non-hydrogen) atoms. The topological polar surface area (TPSA) is 71.4 Å². The molecule has 6 heteroatoms. The van der Waals surface area contributed by atoms with E-state index >= 15 is 0 Å². The third-order valence-corrected chi connectivity index (χ3v) is 4.35. The van der Waals surface area contributed by atoms with Gasteiger partial charge in [0, 0.05) is 37.5 Å². The molecule has 3 heterocycles. The van der Waals surface area contributed by atoms with Crippen molar-refractivity contribution in [2.24, 2.45) is 0 Å². The van der Waals surface area contributed by atoms with Crippen LogP contribution in [0.4, 0.5) is 5.82 Å². The monoisotopic (exact) mass is 328 g/mol. The second kappa shape index (κ2) is 7.13. The van der Waals surface area contributed by atoms with E-state index in [0.29, 0.717) is 37.6 Å². The third-order valence-electron chi connectivity index (χ3n) is 4.35. The minimum absolute atomic E-state index is 0.583. The lowest BCUT2D eigenvalue weighted by atomic mass is 9.87. The lowest BCUT2D eigenvalue weighted by molar-refractivity contribution is 0.0155. The maximum absolute atomic E-state index is 10.9. The van der Waals surface area contributed by atoms with Gasteiger partial charge in [-0.1, -0.05) is 6.07 Å². The summed E-state index contributed by atoms with van der Waals surface area (Å²) in [6, 6.07) is 7.69. The van der Waals surface area contributed by atoms with Gasteiger partial charge in [-0.05, 0) is 38.8 Å². The van der Waals surface area contributed by atoms with E-state index in [1.807, 2.05) is 38.1 Å². The highest BCUT2D eigenvalue weighted by atomic mass is 16.5. The summed E-state index contributed by atoms with van der Waals surface area (Å²) in [5.74, 6) is 2.17. The summed E-state index contributed by atoms with van der Waals surface area (Å²) < 4.78 is 5.50. The molecule has 1 fully saturated rings. The van der Waals surface area contributed by atoms with Crippen LogP contribution >= 0.6 is 0 Å². The van der Waals surface area contributed by atoms with Crippen molar-refractivity contribution >= 4 is 5.82 Å². The van der Waals surface area contributed by atoms with Crippen molar-refractivity contribution in [3.8, 4) is 5.88 Å². The summed E-state index contributed by atoms with van der Waals surface area (Å²) in [5.41, 5.74) is 0.236. The van der Waals surface area contributed by atoms with Crippen LogP contribution in [0.5, 0.6) is 5.88 Å². The fourth-order valence-corrected chi connectivity index (χ4v) is 3.08. The van der Waals surface area contributed by atoms with Gasteiger partial charge in [0.05, 0.1) is 12.2 Å². The normalized spacial score (nSPS) is 16.9. The second-order valence-electron chi connectivity index (χ2n) is 6.25. The van der Waals surface area contributed by atoms with E-state index in [-0.39, 0.29) is 0 Å². The van der Waals surface area contributed by atoms with Crippen molar-refractivity contribution in [2.45, 2.75) is 38.7 Å². The summed E-state index contributed by atoms with van der Waals surface area (Å²) in [5, 5.41) is 10.9. The summed E-state index contributed by atoms with van der Waals surface area (Å²) >= 11 is 0. The molecule has 2 aromatic heterocycles. The summed E-state index contributed by atoms with van der Waals surface area (Å²) in [6.45, 7) is 5.90. The molecule has 0 amide bonds. The van der Waals surface area contributed by atoms with Gasteiger partial charge in [0.25, 0.3) is 0 Å². The zero-order valence-corrected chi connectivity index (χ0v) is 14.3. The molecule has 3 rings (SSSR count). The number of aromatic nitrogens is 3. The van der Waals surface area contributed by atoms with Crippen LogP contribution in [0, 0.1) is 6.92 Å². The first kappa shape index (κ1) is 16.6. The number of piperidine rings is 1. The summed E-state index contributed by atoms with van der Waals surface area (Å²) in [7, 11) is 0. The van der Waals surface area contributed by atoms with E-state index in [1.165, 1.54) is 0 Å². The molecule has 0 unspecified atom stereocenters. The van der Waals surface area contributed by atoms with Gasteiger partial charge in [-0.3, -0.25) is 4.98 Å². The van der Waals surface area contributed by atoms with Crippen molar-refractivity contribution in [3.05, 3.63) is 42.0 Å². The number of anilines is 1. The molecule has 1 N–H and O–H groups in total. The van der Waals surface area contributed by atoms with Gasteiger partial charge in [0.15, 0.2) is 0 Å². The molecule has 128 valence electrons. The van der Waals surface area contributed by atoms with Crippen molar-refractivity contribution in [1.29, 1.82) is 0 Å². The Morgan fingerprint density at radius 3 is 2.71 bits per heavy atom. The van der Waals surface area contributed by atoms with Gasteiger partial charge in [-0.15, -0.1) is 0 Å². The Morgan fingerprint density at radius 2 is 2.04 bits per heavy atom. The molecular weight excluding hydrogens is 304 g/mol. The van der Waals surface area contributed by atoms with Crippen molar-refractivity contribution in [2.75, 3.05) is 24.6 Å². The van der Waals surface area contributed by atoms with Crippen LogP contribution in [0.1, 0.15) is 31.3 Å². The van der Waals surface area contributed by atoms with Gasteiger partial charge >= 0.3 is 0 Å². The van der Waals surface area contributed by atoms with Crippen LogP contribution in [-0.2, 0) is 6.42 Å². The van der Waals surface area contributed by atoms with Crippen LogP contribution in [0.15, 0.2) is 30.5 Å². The van der Waals surface area contributed by atoms with E-state index in [0.717, 1.165) is 24.6 Å². The average molecular weight is 328 g/mol. The van der Waals surface area contributed by atoms with Crippen molar-refractivity contribution in [3.63, 3.8) is 0 Å². The molecule has 0 bridgehead atoms. The van der Waals surface area contributed by atoms with Gasteiger partial charge in [-0.2, -0.15) is 4.98 Å². The molecule has 0 spiro atoms. The number of hydrogen-bond acceptors (Lipinski definition) is 6. The number of hydrogen-bond donors (Lipinski definition) is 1. The number of aryl methyl sites for hydroxylation is 1. The molecule has 1 aliphatic heterocycles. The van der Waals surface area contributed by atoms with Crippen LogP contribution < -0.4 is 9.64 Å². The average Bonchev–Trinajstić information content (AvgIpc) is 2.56. The van der Waals surface area contributed by atoms with E-state index in [9.17, 15) is 5.11 Å². The first-order chi connectivity index (χ1) is 11.6. The highest BCUT2D eigenvalue weighted by Crippen LogP contribution is 2.29. The van der Waals surface area contributed by atoms with E-state index in [2.05, 4.69) is 19.9 Å². The highest BCUT2D eigenvalue weighted by molar-refractivity contribution is 5.42. The second-order valence-corrected chi connectivity index (χ2v) is 6.25. The minimum atomic E-state index is -0.699. The summed E-state index contributed by atoms with van der Waals surface area (Å²) in [6.07, 6.45) is 3.74. The van der Waals surface area contributed by atoms with Crippen molar-refractivity contribution in [1.82, 2.24) is 15.0 Å². The van der Waals surface area contributed by atoms with Gasteiger partial charge < -0.3 is 14.7 Å². The predicted molar refractivity (Wildman–Crippen MR) is 92.3 cm³/mol. The maximum atomic E-state index is 10.9. The molecule has 2 aromatic rings. The Hall–Kier alpha value is -2.21. The Balaban J connectivity index is 1.66. The minimum Gasteiger partial charge on any atom is -0.478 e. The van der Waals surface area contributed by atoms with Crippen LogP contribution in [0.25, 0.3) is 0 Å². The molecule has 0 atom stereocenters. The first-order valence-corrected chi connectivity index (χ1v) is 8.44. The van der Waals surface area contributed by atoms with E-state index in [4.69, 9.17) is 4.74 Å². The van der Waals surface area contributed by atoms with Crippen molar-refractivity contribution < 1.29 is 9.84 Å². The Bertz CT molecular complexity index is 670. The fourth-order valence-electron chi connectivity index (χ4n) is 3.08. The van der Waals surface area contributed by atoms with Crippen LogP contribution in [0.3, 0.4) is 0 Å². The fraction of sp³-hybridized carbons (Fsp3) is 0.500. The summed E-state index contributed by atoms with van der Waals surface area (Å²) in [4.78, 5) is 15.3. The number of aliphatic hydroxyl groups is 1. The molecule has 1 aliphatic rings. The molecule has 0 aromatic carbocycles. The SMILES string of the molecule is CCOc1cc(N2CCC(O)(Cc3ccccn3)CC2)nc(C)n1. The van der Waals surface area contributed by atoms with E-state index in [1.54, 1.807) is 6.20 Å². The van der Waals surface area contributed by atoms with Gasteiger partial charge in [0.2, 0.25) is 5.88 Å². The zero-order chi connectivity index (χ0) is 17.0. The maximum Gasteiger partial charge on any atom is 0.218 e. The quantitative estimate of drug-likeness (QED) is 0.907. The highest BCUT2D eigenvalue weighted by Gasteiger charge is 2.33. The number of rotatable bonds is 5. The first-order valence-electron chi connectivity index (χ1n) is 8.44. The molecule has 1 saturated heterocycles. The Morgan fingerprint density at radius 1 is 1.25 bits per heavy atom. The van der Waals surface area contributed by atoms with Crippen LogP contribution in [-0.4, -0.2) is 45.4 Å². The van der Waals surface area contributed by atoms with Crippen LogP contribution in [0.2, 0.25) is 0 Å².